The standard InChI is InChI=1S/C22H31N3O3/c1-3-12-23-21(27)19(24-20(26)18-7-5-4-6-15(18)2)16-10-13-25(14-11-16)22(28)17-8-9-17/h4-7,16-17,19H,3,8-14H2,1-2H3,(H,23,27)(H,24,26). The van der Waals surface area contributed by atoms with E-state index in [0.717, 1.165) is 37.7 Å². The van der Waals surface area contributed by atoms with Gasteiger partial charge in [0.1, 0.15) is 6.04 Å². The third-order valence-electron chi connectivity index (χ3n) is 5.76. The normalized spacial score (nSPS) is 18.4. The molecule has 6 heteroatoms. The van der Waals surface area contributed by atoms with Crippen molar-refractivity contribution in [2.24, 2.45) is 11.8 Å². The van der Waals surface area contributed by atoms with Crippen molar-refractivity contribution >= 4 is 17.7 Å². The van der Waals surface area contributed by atoms with Crippen LogP contribution in [0.2, 0.25) is 0 Å². The van der Waals surface area contributed by atoms with Gasteiger partial charge in [-0.1, -0.05) is 25.1 Å². The van der Waals surface area contributed by atoms with Crippen molar-refractivity contribution in [3.63, 3.8) is 0 Å². The molecule has 1 aliphatic carbocycles. The second kappa shape index (κ2) is 9.22. The van der Waals surface area contributed by atoms with E-state index in [1.807, 2.05) is 36.9 Å². The van der Waals surface area contributed by atoms with Crippen LogP contribution in [0.1, 0.15) is 54.9 Å². The fraction of sp³-hybridized carbons (Fsp3) is 0.591. The topological polar surface area (TPSA) is 78.5 Å². The van der Waals surface area contributed by atoms with Crippen molar-refractivity contribution in [1.82, 2.24) is 15.5 Å². The maximum atomic E-state index is 12.8. The van der Waals surface area contributed by atoms with Crippen LogP contribution in [0.3, 0.4) is 0 Å². The van der Waals surface area contributed by atoms with Gasteiger partial charge in [0.2, 0.25) is 11.8 Å². The van der Waals surface area contributed by atoms with Crippen molar-refractivity contribution in [2.75, 3.05) is 19.6 Å². The number of piperidine rings is 1. The van der Waals surface area contributed by atoms with Crippen LogP contribution in [0, 0.1) is 18.8 Å². The molecule has 1 aromatic rings. The van der Waals surface area contributed by atoms with Gasteiger partial charge in [0.25, 0.3) is 5.91 Å². The number of rotatable bonds is 7. The van der Waals surface area contributed by atoms with E-state index in [-0.39, 0.29) is 29.6 Å². The zero-order chi connectivity index (χ0) is 20.1. The first-order chi connectivity index (χ1) is 13.5. The minimum atomic E-state index is -0.572. The predicted molar refractivity (Wildman–Crippen MR) is 108 cm³/mol. The summed E-state index contributed by atoms with van der Waals surface area (Å²) in [6.07, 6.45) is 4.33. The van der Waals surface area contributed by atoms with Gasteiger partial charge in [-0.2, -0.15) is 0 Å². The summed E-state index contributed by atoms with van der Waals surface area (Å²) in [5.74, 6) is 0.172. The zero-order valence-electron chi connectivity index (χ0n) is 16.9. The molecule has 1 saturated heterocycles. The summed E-state index contributed by atoms with van der Waals surface area (Å²) in [5.41, 5.74) is 1.48. The number of hydrogen-bond donors (Lipinski definition) is 2. The molecule has 0 radical (unpaired) electrons. The number of benzene rings is 1. The van der Waals surface area contributed by atoms with E-state index in [4.69, 9.17) is 0 Å². The molecule has 0 aromatic heterocycles. The number of hydrogen-bond acceptors (Lipinski definition) is 3. The maximum Gasteiger partial charge on any atom is 0.252 e. The Kier molecular flexibility index (Phi) is 6.70. The largest absolute Gasteiger partial charge is 0.354 e. The molecule has 0 bridgehead atoms. The molecular formula is C22H31N3O3. The average Bonchev–Trinajstić information content (AvgIpc) is 3.55. The number of nitrogens with one attached hydrogen (secondary N) is 2. The van der Waals surface area contributed by atoms with Gasteiger partial charge in [0.05, 0.1) is 0 Å². The Morgan fingerprint density at radius 3 is 2.39 bits per heavy atom. The smallest absolute Gasteiger partial charge is 0.252 e. The Morgan fingerprint density at radius 2 is 1.79 bits per heavy atom. The quantitative estimate of drug-likeness (QED) is 0.756. The molecule has 1 aliphatic heterocycles. The summed E-state index contributed by atoms with van der Waals surface area (Å²) >= 11 is 0. The molecule has 2 aliphatic rings. The van der Waals surface area contributed by atoms with Crippen molar-refractivity contribution in [3.8, 4) is 0 Å². The third-order valence-corrected chi connectivity index (χ3v) is 5.76. The molecule has 3 amide bonds. The molecule has 1 heterocycles. The molecule has 1 atom stereocenters. The lowest BCUT2D eigenvalue weighted by atomic mass is 9.88. The van der Waals surface area contributed by atoms with Gasteiger partial charge in [-0.3, -0.25) is 14.4 Å². The molecule has 2 fully saturated rings. The summed E-state index contributed by atoms with van der Waals surface area (Å²) in [7, 11) is 0. The first-order valence-corrected chi connectivity index (χ1v) is 10.4. The third kappa shape index (κ3) is 4.91. The second-order valence-electron chi connectivity index (χ2n) is 7.99. The van der Waals surface area contributed by atoms with Gasteiger partial charge in [-0.25, -0.2) is 0 Å². The van der Waals surface area contributed by atoms with E-state index in [0.29, 0.717) is 25.2 Å². The van der Waals surface area contributed by atoms with Gasteiger partial charge in [-0.05, 0) is 56.6 Å². The number of aryl methyl sites for hydroxylation is 1. The number of carbonyl (C=O) groups excluding carboxylic acids is 3. The lowest BCUT2D eigenvalue weighted by Crippen LogP contribution is -2.54. The predicted octanol–water partition coefficient (Wildman–Crippen LogP) is 2.27. The van der Waals surface area contributed by atoms with E-state index in [9.17, 15) is 14.4 Å². The summed E-state index contributed by atoms with van der Waals surface area (Å²) in [4.78, 5) is 39.8. The van der Waals surface area contributed by atoms with Crippen molar-refractivity contribution in [2.45, 2.75) is 52.0 Å². The lowest BCUT2D eigenvalue weighted by molar-refractivity contribution is -0.134. The van der Waals surface area contributed by atoms with Crippen molar-refractivity contribution < 1.29 is 14.4 Å². The second-order valence-corrected chi connectivity index (χ2v) is 7.99. The van der Waals surface area contributed by atoms with Crippen LogP contribution in [-0.4, -0.2) is 48.3 Å². The average molecular weight is 386 g/mol. The van der Waals surface area contributed by atoms with Crippen LogP contribution >= 0.6 is 0 Å². The van der Waals surface area contributed by atoms with Crippen LogP contribution in [0.4, 0.5) is 0 Å². The Morgan fingerprint density at radius 1 is 1.11 bits per heavy atom. The van der Waals surface area contributed by atoms with E-state index in [2.05, 4.69) is 10.6 Å². The molecule has 1 saturated carbocycles. The van der Waals surface area contributed by atoms with E-state index < -0.39 is 6.04 Å². The Hall–Kier alpha value is -2.37. The van der Waals surface area contributed by atoms with Gasteiger partial charge in [-0.15, -0.1) is 0 Å². The first-order valence-electron chi connectivity index (χ1n) is 10.4. The van der Waals surface area contributed by atoms with Crippen LogP contribution in [0.5, 0.6) is 0 Å². The van der Waals surface area contributed by atoms with Crippen LogP contribution in [0.25, 0.3) is 0 Å². The van der Waals surface area contributed by atoms with E-state index in [1.165, 1.54) is 0 Å². The SMILES string of the molecule is CCCNC(=O)C(NC(=O)c1ccccc1C)C1CCN(C(=O)C2CC2)CC1. The summed E-state index contributed by atoms with van der Waals surface area (Å²) in [6.45, 7) is 5.82. The van der Waals surface area contributed by atoms with Gasteiger partial charge < -0.3 is 15.5 Å². The monoisotopic (exact) mass is 385 g/mol. The fourth-order valence-electron chi connectivity index (χ4n) is 3.84. The Labute approximate surface area is 167 Å². The zero-order valence-corrected chi connectivity index (χ0v) is 16.9. The van der Waals surface area contributed by atoms with Gasteiger partial charge in [0.15, 0.2) is 0 Å². The molecule has 1 unspecified atom stereocenters. The maximum absolute atomic E-state index is 12.8. The number of likely N-dealkylation sites (tertiary alicyclic amines) is 1. The first kappa shape index (κ1) is 20.4. The molecule has 0 spiro atoms. The lowest BCUT2D eigenvalue weighted by Gasteiger charge is -2.36. The van der Waals surface area contributed by atoms with Crippen LogP contribution in [0.15, 0.2) is 24.3 Å². The van der Waals surface area contributed by atoms with E-state index in [1.54, 1.807) is 6.07 Å². The molecule has 28 heavy (non-hydrogen) atoms. The number of nitrogens with zero attached hydrogens (tertiary/aromatic N) is 1. The Balaban J connectivity index is 1.67. The highest BCUT2D eigenvalue weighted by Crippen LogP contribution is 2.33. The fourth-order valence-corrected chi connectivity index (χ4v) is 3.84. The van der Waals surface area contributed by atoms with Gasteiger partial charge >= 0.3 is 0 Å². The highest BCUT2D eigenvalue weighted by molar-refractivity contribution is 5.98. The molecule has 2 N–H and O–H groups in total. The summed E-state index contributed by atoms with van der Waals surface area (Å²) < 4.78 is 0. The minimum absolute atomic E-state index is 0.0353. The molecule has 3 rings (SSSR count). The number of amides is 3. The molecule has 6 nitrogen and oxygen atoms in total. The van der Waals surface area contributed by atoms with Crippen LogP contribution in [-0.2, 0) is 9.59 Å². The highest BCUT2D eigenvalue weighted by atomic mass is 16.2. The van der Waals surface area contributed by atoms with Crippen molar-refractivity contribution in [3.05, 3.63) is 35.4 Å². The molecular weight excluding hydrogens is 354 g/mol. The highest BCUT2D eigenvalue weighted by Gasteiger charge is 2.38. The molecule has 152 valence electrons. The van der Waals surface area contributed by atoms with Crippen molar-refractivity contribution in [1.29, 1.82) is 0 Å². The Bertz CT molecular complexity index is 721. The minimum Gasteiger partial charge on any atom is -0.354 e. The van der Waals surface area contributed by atoms with Crippen LogP contribution < -0.4 is 10.6 Å². The summed E-state index contributed by atoms with van der Waals surface area (Å²) in [6, 6.07) is 6.82. The van der Waals surface area contributed by atoms with E-state index >= 15 is 0 Å². The molecule has 1 aromatic carbocycles. The summed E-state index contributed by atoms with van der Waals surface area (Å²) in [5, 5.41) is 5.91. The number of carbonyl (C=O) groups is 3. The van der Waals surface area contributed by atoms with Gasteiger partial charge in [0, 0.05) is 31.1 Å².